The zero-order chi connectivity index (χ0) is 13.6. The molecular formula is C11H19N3O3S. The SMILES string of the molecule is CCCNc1cccnc1S(=O)(=O)N(C)CCO. The predicted molar refractivity (Wildman–Crippen MR) is 69.9 cm³/mol. The number of aliphatic hydroxyl groups excluding tert-OH is 1. The molecule has 6 nitrogen and oxygen atoms in total. The van der Waals surface area contributed by atoms with Crippen molar-refractivity contribution in [3.63, 3.8) is 0 Å². The standard InChI is InChI=1S/C11H19N3O3S/c1-3-6-12-10-5-4-7-13-11(10)18(16,17)14(2)8-9-15/h4-5,7,12,15H,3,6,8-9H2,1-2H3. The molecule has 0 unspecified atom stereocenters. The second kappa shape index (κ2) is 6.67. The third-order valence-corrected chi connectivity index (χ3v) is 4.22. The number of hydrogen-bond donors (Lipinski definition) is 2. The quantitative estimate of drug-likeness (QED) is 0.756. The highest BCUT2D eigenvalue weighted by Gasteiger charge is 2.24. The molecule has 102 valence electrons. The zero-order valence-electron chi connectivity index (χ0n) is 10.6. The molecule has 1 aromatic heterocycles. The summed E-state index contributed by atoms with van der Waals surface area (Å²) in [4.78, 5) is 3.93. The van der Waals surface area contributed by atoms with Gasteiger partial charge in [0.1, 0.15) is 0 Å². The second-order valence-corrected chi connectivity index (χ2v) is 5.79. The first-order chi connectivity index (χ1) is 8.54. The number of aliphatic hydroxyl groups is 1. The van der Waals surface area contributed by atoms with Crippen molar-refractivity contribution in [1.82, 2.24) is 9.29 Å². The Morgan fingerprint density at radius 3 is 2.83 bits per heavy atom. The number of sulfonamides is 1. The summed E-state index contributed by atoms with van der Waals surface area (Å²) in [7, 11) is -2.24. The van der Waals surface area contributed by atoms with Gasteiger partial charge in [-0.2, -0.15) is 4.31 Å². The fourth-order valence-corrected chi connectivity index (χ4v) is 2.63. The van der Waals surface area contributed by atoms with E-state index in [1.54, 1.807) is 12.1 Å². The number of nitrogens with one attached hydrogen (secondary N) is 1. The Bertz CT molecular complexity index is 476. The number of likely N-dealkylation sites (N-methyl/N-ethyl adjacent to an activating group) is 1. The van der Waals surface area contributed by atoms with Crippen LogP contribution in [0.15, 0.2) is 23.4 Å². The van der Waals surface area contributed by atoms with E-state index < -0.39 is 10.0 Å². The molecule has 0 saturated carbocycles. The monoisotopic (exact) mass is 273 g/mol. The van der Waals surface area contributed by atoms with Gasteiger partial charge in [-0.1, -0.05) is 6.92 Å². The van der Waals surface area contributed by atoms with E-state index in [-0.39, 0.29) is 18.2 Å². The lowest BCUT2D eigenvalue weighted by Gasteiger charge is -2.17. The molecule has 0 aliphatic carbocycles. The van der Waals surface area contributed by atoms with Crippen LogP contribution in [0.2, 0.25) is 0 Å². The van der Waals surface area contributed by atoms with Gasteiger partial charge in [0.05, 0.1) is 12.3 Å². The molecule has 0 aliphatic rings. The highest BCUT2D eigenvalue weighted by Crippen LogP contribution is 2.20. The van der Waals surface area contributed by atoms with Crippen LogP contribution in [0.3, 0.4) is 0 Å². The van der Waals surface area contributed by atoms with Crippen LogP contribution in [0, 0.1) is 0 Å². The Morgan fingerprint density at radius 2 is 2.22 bits per heavy atom. The summed E-state index contributed by atoms with van der Waals surface area (Å²) < 4.78 is 25.5. The average Bonchev–Trinajstić information content (AvgIpc) is 2.37. The van der Waals surface area contributed by atoms with Gasteiger partial charge in [0.2, 0.25) is 0 Å². The van der Waals surface area contributed by atoms with Crippen molar-refractivity contribution in [2.24, 2.45) is 0 Å². The topological polar surface area (TPSA) is 82.5 Å². The van der Waals surface area contributed by atoms with E-state index in [2.05, 4.69) is 10.3 Å². The van der Waals surface area contributed by atoms with Crippen molar-refractivity contribution in [2.45, 2.75) is 18.4 Å². The average molecular weight is 273 g/mol. The Labute approximate surface area is 108 Å². The van der Waals surface area contributed by atoms with Crippen LogP contribution in [0.1, 0.15) is 13.3 Å². The highest BCUT2D eigenvalue weighted by atomic mass is 32.2. The summed E-state index contributed by atoms with van der Waals surface area (Å²) in [6.07, 6.45) is 2.33. The van der Waals surface area contributed by atoms with Gasteiger partial charge < -0.3 is 10.4 Å². The normalized spacial score (nSPS) is 11.8. The minimum Gasteiger partial charge on any atom is -0.395 e. The number of hydrogen-bond acceptors (Lipinski definition) is 5. The third kappa shape index (κ3) is 3.41. The van der Waals surface area contributed by atoms with Gasteiger partial charge in [-0.15, -0.1) is 0 Å². The van der Waals surface area contributed by atoms with E-state index in [0.29, 0.717) is 12.2 Å². The van der Waals surface area contributed by atoms with Crippen LogP contribution >= 0.6 is 0 Å². The van der Waals surface area contributed by atoms with Gasteiger partial charge in [0, 0.05) is 26.3 Å². The molecule has 0 fully saturated rings. The molecular weight excluding hydrogens is 254 g/mol. The van der Waals surface area contributed by atoms with Crippen LogP contribution in [0.5, 0.6) is 0 Å². The Balaban J connectivity index is 3.07. The van der Waals surface area contributed by atoms with Crippen molar-refractivity contribution < 1.29 is 13.5 Å². The molecule has 2 N–H and O–H groups in total. The van der Waals surface area contributed by atoms with Crippen molar-refractivity contribution in [2.75, 3.05) is 32.1 Å². The maximum Gasteiger partial charge on any atom is 0.262 e. The fraction of sp³-hybridized carbons (Fsp3) is 0.545. The highest BCUT2D eigenvalue weighted by molar-refractivity contribution is 7.89. The van der Waals surface area contributed by atoms with Gasteiger partial charge in [-0.25, -0.2) is 13.4 Å². The van der Waals surface area contributed by atoms with Gasteiger partial charge in [0.15, 0.2) is 5.03 Å². The summed E-state index contributed by atoms with van der Waals surface area (Å²) in [5, 5.41) is 11.8. The van der Waals surface area contributed by atoms with Gasteiger partial charge in [-0.3, -0.25) is 0 Å². The molecule has 1 heterocycles. The van der Waals surface area contributed by atoms with E-state index in [9.17, 15) is 8.42 Å². The van der Waals surface area contributed by atoms with Gasteiger partial charge in [-0.05, 0) is 18.6 Å². The molecule has 0 amide bonds. The lowest BCUT2D eigenvalue weighted by molar-refractivity contribution is 0.266. The van der Waals surface area contributed by atoms with Gasteiger partial charge in [0.25, 0.3) is 10.0 Å². The van der Waals surface area contributed by atoms with Crippen LogP contribution < -0.4 is 5.32 Å². The molecule has 0 bridgehead atoms. The van der Waals surface area contributed by atoms with E-state index in [1.807, 2.05) is 6.92 Å². The molecule has 1 rings (SSSR count). The summed E-state index contributed by atoms with van der Waals surface area (Å²) in [5.41, 5.74) is 0.490. The molecule has 0 aromatic carbocycles. The van der Waals surface area contributed by atoms with Crippen LogP contribution in [0.25, 0.3) is 0 Å². The number of pyridine rings is 1. The lowest BCUT2D eigenvalue weighted by Crippen LogP contribution is -2.31. The van der Waals surface area contributed by atoms with Gasteiger partial charge >= 0.3 is 0 Å². The van der Waals surface area contributed by atoms with Crippen LogP contribution in [-0.4, -0.2) is 49.6 Å². The van der Waals surface area contributed by atoms with E-state index in [1.165, 1.54) is 13.2 Å². The van der Waals surface area contributed by atoms with E-state index in [4.69, 9.17) is 5.11 Å². The molecule has 0 spiro atoms. The van der Waals surface area contributed by atoms with E-state index in [0.717, 1.165) is 10.7 Å². The fourth-order valence-electron chi connectivity index (χ4n) is 1.40. The largest absolute Gasteiger partial charge is 0.395 e. The first-order valence-corrected chi connectivity index (χ1v) is 7.24. The Kier molecular flexibility index (Phi) is 5.52. The minimum atomic E-state index is -3.66. The maximum absolute atomic E-state index is 12.2. The summed E-state index contributed by atoms with van der Waals surface area (Å²) >= 11 is 0. The number of aromatic nitrogens is 1. The van der Waals surface area contributed by atoms with E-state index >= 15 is 0 Å². The molecule has 0 saturated heterocycles. The molecule has 0 aliphatic heterocycles. The number of nitrogens with zero attached hydrogens (tertiary/aromatic N) is 2. The number of anilines is 1. The molecule has 7 heteroatoms. The smallest absolute Gasteiger partial charge is 0.262 e. The molecule has 0 atom stereocenters. The van der Waals surface area contributed by atoms with Crippen LogP contribution in [0.4, 0.5) is 5.69 Å². The summed E-state index contributed by atoms with van der Waals surface area (Å²) in [5.74, 6) is 0. The van der Waals surface area contributed by atoms with Crippen molar-refractivity contribution >= 4 is 15.7 Å². The lowest BCUT2D eigenvalue weighted by atomic mass is 10.4. The van der Waals surface area contributed by atoms with Crippen molar-refractivity contribution in [3.05, 3.63) is 18.3 Å². The predicted octanol–water partition coefficient (Wildman–Crippen LogP) is 0.516. The van der Waals surface area contributed by atoms with Crippen LogP contribution in [-0.2, 0) is 10.0 Å². The first-order valence-electron chi connectivity index (χ1n) is 5.80. The first kappa shape index (κ1) is 14.9. The van der Waals surface area contributed by atoms with Crippen molar-refractivity contribution in [1.29, 1.82) is 0 Å². The van der Waals surface area contributed by atoms with Crippen molar-refractivity contribution in [3.8, 4) is 0 Å². The molecule has 0 radical (unpaired) electrons. The molecule has 18 heavy (non-hydrogen) atoms. The summed E-state index contributed by atoms with van der Waals surface area (Å²) in [6, 6.07) is 3.37. The minimum absolute atomic E-state index is 0.00519. The maximum atomic E-state index is 12.2. The third-order valence-electron chi connectivity index (χ3n) is 2.41. The number of rotatable bonds is 7. The summed E-state index contributed by atoms with van der Waals surface area (Å²) in [6.45, 7) is 2.50. The zero-order valence-corrected chi connectivity index (χ0v) is 11.4. The molecule has 1 aromatic rings. The second-order valence-electron chi connectivity index (χ2n) is 3.83. The Hall–Kier alpha value is -1.18. The Morgan fingerprint density at radius 1 is 1.50 bits per heavy atom.